The van der Waals surface area contributed by atoms with Crippen LogP contribution in [0.4, 0.5) is 5.82 Å². The smallest absolute Gasteiger partial charge is 0.278 e. The molecular weight excluding hydrogens is 294 g/mol. The number of aromatic nitrogens is 4. The monoisotopic (exact) mass is 309 g/mol. The minimum Gasteiger partial charge on any atom is -0.378 e. The van der Waals surface area contributed by atoms with Crippen LogP contribution < -0.4 is 4.90 Å². The molecule has 0 saturated carbocycles. The first kappa shape index (κ1) is 13.8. The Bertz CT molecular complexity index is 767. The summed E-state index contributed by atoms with van der Waals surface area (Å²) in [4.78, 5) is 6.52. The molecule has 0 aliphatic carbocycles. The fourth-order valence-electron chi connectivity index (χ4n) is 2.43. The molecule has 1 fully saturated rings. The Morgan fingerprint density at radius 3 is 2.48 bits per heavy atom. The maximum absolute atomic E-state index is 5.34. The third-order valence-corrected chi connectivity index (χ3v) is 3.66. The minimum atomic E-state index is 0.366. The van der Waals surface area contributed by atoms with Crippen LogP contribution in [0.1, 0.15) is 0 Å². The highest BCUT2D eigenvalue weighted by molar-refractivity contribution is 5.57. The quantitative estimate of drug-likeness (QED) is 0.732. The van der Waals surface area contributed by atoms with Crippen LogP contribution in [0, 0.1) is 0 Å². The maximum Gasteiger partial charge on any atom is 0.278 e. The van der Waals surface area contributed by atoms with E-state index in [9.17, 15) is 0 Å². The third kappa shape index (κ3) is 2.91. The zero-order valence-electron chi connectivity index (χ0n) is 12.4. The van der Waals surface area contributed by atoms with Crippen LogP contribution >= 0.6 is 0 Å². The number of hydrogen-bond acceptors (Lipinski definition) is 7. The molecule has 1 aliphatic heterocycles. The molecule has 0 N–H and O–H groups in total. The Balaban J connectivity index is 1.55. The topological polar surface area (TPSA) is 77.2 Å². The zero-order valence-corrected chi connectivity index (χ0v) is 12.4. The molecule has 0 bridgehead atoms. The summed E-state index contributed by atoms with van der Waals surface area (Å²) < 4.78 is 10.6. The fraction of sp³-hybridized carbons (Fsp3) is 0.250. The second-order valence-electron chi connectivity index (χ2n) is 5.17. The molecule has 0 radical (unpaired) electrons. The van der Waals surface area contributed by atoms with Gasteiger partial charge in [-0.3, -0.25) is 0 Å². The number of morpholine rings is 1. The van der Waals surface area contributed by atoms with Gasteiger partial charge in [0.1, 0.15) is 0 Å². The SMILES string of the molecule is c1ccc(-c2noc(-c3ccc(N4CCOCC4)nn3)n2)cc1. The maximum atomic E-state index is 5.34. The highest BCUT2D eigenvalue weighted by atomic mass is 16.5. The highest BCUT2D eigenvalue weighted by Gasteiger charge is 2.15. The molecule has 116 valence electrons. The Hall–Kier alpha value is -2.80. The largest absolute Gasteiger partial charge is 0.378 e. The molecule has 0 amide bonds. The van der Waals surface area contributed by atoms with Gasteiger partial charge in [-0.1, -0.05) is 35.5 Å². The summed E-state index contributed by atoms with van der Waals surface area (Å²) in [6.07, 6.45) is 0. The van der Waals surface area contributed by atoms with Gasteiger partial charge in [0.05, 0.1) is 13.2 Å². The van der Waals surface area contributed by atoms with E-state index in [1.54, 1.807) is 0 Å². The van der Waals surface area contributed by atoms with Crippen molar-refractivity contribution in [2.75, 3.05) is 31.2 Å². The average Bonchev–Trinajstić information content (AvgIpc) is 3.14. The molecule has 0 atom stereocenters. The molecule has 1 aromatic carbocycles. The lowest BCUT2D eigenvalue weighted by Gasteiger charge is -2.27. The highest BCUT2D eigenvalue weighted by Crippen LogP contribution is 2.21. The van der Waals surface area contributed by atoms with Crippen LogP contribution in [0.3, 0.4) is 0 Å². The zero-order chi connectivity index (χ0) is 15.5. The van der Waals surface area contributed by atoms with Crippen molar-refractivity contribution in [1.29, 1.82) is 0 Å². The molecule has 1 saturated heterocycles. The van der Waals surface area contributed by atoms with Crippen LogP contribution in [-0.4, -0.2) is 46.6 Å². The minimum absolute atomic E-state index is 0.366. The molecule has 2 aromatic heterocycles. The summed E-state index contributed by atoms with van der Waals surface area (Å²) in [6.45, 7) is 3.08. The Kier molecular flexibility index (Phi) is 3.69. The van der Waals surface area contributed by atoms with Gasteiger partial charge in [0, 0.05) is 18.7 Å². The van der Waals surface area contributed by atoms with Crippen molar-refractivity contribution in [2.45, 2.75) is 0 Å². The lowest BCUT2D eigenvalue weighted by Crippen LogP contribution is -2.36. The summed E-state index contributed by atoms with van der Waals surface area (Å²) in [5.41, 5.74) is 1.47. The molecule has 0 spiro atoms. The molecule has 23 heavy (non-hydrogen) atoms. The van der Waals surface area contributed by atoms with E-state index >= 15 is 0 Å². The van der Waals surface area contributed by atoms with Gasteiger partial charge in [-0.15, -0.1) is 10.2 Å². The number of nitrogens with zero attached hydrogens (tertiary/aromatic N) is 5. The first-order valence-electron chi connectivity index (χ1n) is 7.46. The number of hydrogen-bond donors (Lipinski definition) is 0. The van der Waals surface area contributed by atoms with Crippen molar-refractivity contribution in [2.24, 2.45) is 0 Å². The van der Waals surface area contributed by atoms with Crippen LogP contribution in [-0.2, 0) is 4.74 Å². The second kappa shape index (κ2) is 6.13. The molecule has 3 heterocycles. The molecule has 3 aromatic rings. The molecule has 1 aliphatic rings. The van der Waals surface area contributed by atoms with Crippen molar-refractivity contribution in [3.63, 3.8) is 0 Å². The van der Waals surface area contributed by atoms with Gasteiger partial charge in [-0.25, -0.2) is 0 Å². The van der Waals surface area contributed by atoms with Crippen molar-refractivity contribution in [3.05, 3.63) is 42.5 Å². The van der Waals surface area contributed by atoms with E-state index < -0.39 is 0 Å². The molecule has 0 unspecified atom stereocenters. The van der Waals surface area contributed by atoms with E-state index in [2.05, 4.69) is 25.2 Å². The van der Waals surface area contributed by atoms with Crippen LogP contribution in [0.15, 0.2) is 47.0 Å². The number of rotatable bonds is 3. The van der Waals surface area contributed by atoms with Gasteiger partial charge in [0.2, 0.25) is 5.82 Å². The van der Waals surface area contributed by atoms with Crippen LogP contribution in [0.25, 0.3) is 23.0 Å². The van der Waals surface area contributed by atoms with Crippen molar-refractivity contribution < 1.29 is 9.26 Å². The van der Waals surface area contributed by atoms with E-state index in [4.69, 9.17) is 9.26 Å². The Labute approximate surface area is 132 Å². The summed E-state index contributed by atoms with van der Waals surface area (Å²) in [5, 5.41) is 12.4. The molecular formula is C16H15N5O2. The predicted octanol–water partition coefficient (Wildman–Crippen LogP) is 2.03. The van der Waals surface area contributed by atoms with E-state index in [-0.39, 0.29) is 0 Å². The third-order valence-electron chi connectivity index (χ3n) is 3.66. The normalized spacial score (nSPS) is 14.9. The van der Waals surface area contributed by atoms with Gasteiger partial charge in [-0.2, -0.15) is 4.98 Å². The van der Waals surface area contributed by atoms with E-state index in [1.807, 2.05) is 42.5 Å². The molecule has 4 rings (SSSR count). The van der Waals surface area contributed by atoms with E-state index in [1.165, 1.54) is 0 Å². The lowest BCUT2D eigenvalue weighted by molar-refractivity contribution is 0.122. The van der Waals surface area contributed by atoms with Crippen LogP contribution in [0.2, 0.25) is 0 Å². The van der Waals surface area contributed by atoms with Gasteiger partial charge in [0.15, 0.2) is 11.5 Å². The first-order valence-corrected chi connectivity index (χ1v) is 7.46. The Morgan fingerprint density at radius 2 is 1.74 bits per heavy atom. The predicted molar refractivity (Wildman–Crippen MR) is 83.8 cm³/mol. The number of anilines is 1. The first-order chi connectivity index (χ1) is 11.4. The van der Waals surface area contributed by atoms with Crippen molar-refractivity contribution in [3.8, 4) is 23.0 Å². The van der Waals surface area contributed by atoms with Gasteiger partial charge >= 0.3 is 0 Å². The number of ether oxygens (including phenoxy) is 1. The summed E-state index contributed by atoms with van der Waals surface area (Å²) >= 11 is 0. The summed E-state index contributed by atoms with van der Waals surface area (Å²) in [6, 6.07) is 13.4. The fourth-order valence-corrected chi connectivity index (χ4v) is 2.43. The summed E-state index contributed by atoms with van der Waals surface area (Å²) in [7, 11) is 0. The second-order valence-corrected chi connectivity index (χ2v) is 5.17. The van der Waals surface area contributed by atoms with Crippen molar-refractivity contribution >= 4 is 5.82 Å². The van der Waals surface area contributed by atoms with E-state index in [0.717, 1.165) is 24.5 Å². The van der Waals surface area contributed by atoms with Crippen molar-refractivity contribution in [1.82, 2.24) is 20.3 Å². The van der Waals surface area contributed by atoms with E-state index in [0.29, 0.717) is 30.6 Å². The van der Waals surface area contributed by atoms with Gasteiger partial charge < -0.3 is 14.2 Å². The molecule has 7 nitrogen and oxygen atoms in total. The lowest BCUT2D eigenvalue weighted by atomic mass is 10.2. The van der Waals surface area contributed by atoms with Crippen LogP contribution in [0.5, 0.6) is 0 Å². The molecule has 7 heteroatoms. The average molecular weight is 309 g/mol. The van der Waals surface area contributed by atoms with Gasteiger partial charge in [-0.05, 0) is 12.1 Å². The Morgan fingerprint density at radius 1 is 0.913 bits per heavy atom. The number of benzene rings is 1. The summed E-state index contributed by atoms with van der Waals surface area (Å²) in [5.74, 6) is 1.74. The standard InChI is InChI=1S/C16H15N5O2/c1-2-4-12(5-3-1)15-17-16(23-20-15)13-6-7-14(19-18-13)21-8-10-22-11-9-21/h1-7H,8-11H2. The van der Waals surface area contributed by atoms with Gasteiger partial charge in [0.25, 0.3) is 5.89 Å².